The van der Waals surface area contributed by atoms with E-state index in [2.05, 4.69) is 0 Å². The second-order valence-corrected chi connectivity index (χ2v) is 37.1. The number of rotatable bonds is 34. The Morgan fingerprint density at radius 1 is 0.371 bits per heavy atom. The molecule has 0 aliphatic carbocycles. The largest absolute Gasteiger partial charge is 0.460 e. The second kappa shape index (κ2) is 44.7. The van der Waals surface area contributed by atoms with Gasteiger partial charge >= 0.3 is 0 Å². The van der Waals surface area contributed by atoms with Crippen molar-refractivity contribution in [3.8, 4) is 0 Å². The Bertz CT molecular complexity index is 3180. The molecule has 0 fully saturated rings. The molecule has 0 amide bonds. The number of hydrogen-bond donors (Lipinski definition) is 0. The molecule has 0 N–H and O–H groups in total. The highest BCUT2D eigenvalue weighted by molar-refractivity contribution is 8.17. The zero-order chi connectivity index (χ0) is 73.6. The van der Waals surface area contributed by atoms with Gasteiger partial charge in [-0.3, -0.25) is 76.7 Å². The molecule has 4 rings (SSSR count). The van der Waals surface area contributed by atoms with Crippen molar-refractivity contribution in [2.24, 2.45) is 35.5 Å². The minimum atomic E-state index is -1.02. The topological polar surface area (TPSA) is 299 Å². The van der Waals surface area contributed by atoms with Gasteiger partial charge in [0.1, 0.15) is 46.3 Å². The molecule has 4 heterocycles. The van der Waals surface area contributed by atoms with E-state index >= 15 is 0 Å². The summed E-state index contributed by atoms with van der Waals surface area (Å²) in [6, 6.07) is 13.3. The first-order valence-electron chi connectivity index (χ1n) is 30.2. The van der Waals surface area contributed by atoms with Crippen LogP contribution in [0.3, 0.4) is 0 Å². The molecular formula is C69H92O18S10. The van der Waals surface area contributed by atoms with Crippen molar-refractivity contribution in [3.63, 3.8) is 0 Å². The minimum absolute atomic E-state index is 0. The second-order valence-electron chi connectivity index (χ2n) is 24.4. The Morgan fingerprint density at radius 3 is 1.01 bits per heavy atom. The molecule has 4 aromatic heterocycles. The van der Waals surface area contributed by atoms with E-state index in [9.17, 15) is 76.7 Å². The van der Waals surface area contributed by atoms with Gasteiger partial charge in [0.05, 0.1) is 41.3 Å². The van der Waals surface area contributed by atoms with Crippen LogP contribution in [0.4, 0.5) is 0 Å². The van der Waals surface area contributed by atoms with Crippen LogP contribution in [0, 0.1) is 35.5 Å². The van der Waals surface area contributed by atoms with E-state index in [1.807, 2.05) is 10.8 Å². The van der Waals surface area contributed by atoms with Gasteiger partial charge in [0, 0.05) is 98.0 Å². The van der Waals surface area contributed by atoms with E-state index < -0.39 is 42.7 Å². The van der Waals surface area contributed by atoms with Crippen LogP contribution in [0.2, 0.25) is 0 Å². The molecule has 0 aromatic carbocycles. The van der Waals surface area contributed by atoms with Gasteiger partial charge in [-0.2, -0.15) is 0 Å². The van der Waals surface area contributed by atoms with Crippen LogP contribution in [0.25, 0.3) is 0 Å². The number of thiophene rings is 2. The molecule has 536 valence electrons. The average molecular weight is 1530 g/mol. The first-order valence-corrected chi connectivity index (χ1v) is 39.1. The van der Waals surface area contributed by atoms with E-state index in [0.29, 0.717) is 21.3 Å². The van der Waals surface area contributed by atoms with Crippen molar-refractivity contribution in [2.45, 2.75) is 177 Å². The lowest BCUT2D eigenvalue weighted by Gasteiger charge is -2.24. The lowest BCUT2D eigenvalue weighted by atomic mass is 9.94. The number of carbonyl (C=O) groups is 16. The number of thioether (sulfide) groups is 8. The summed E-state index contributed by atoms with van der Waals surface area (Å²) in [4.78, 5) is 193. The van der Waals surface area contributed by atoms with Gasteiger partial charge in [-0.1, -0.05) is 141 Å². The van der Waals surface area contributed by atoms with Crippen LogP contribution in [-0.4, -0.2) is 129 Å². The Balaban J connectivity index is 0.00000127. The third-order valence-electron chi connectivity index (χ3n) is 13.7. The molecule has 0 saturated carbocycles. The fourth-order valence-corrected chi connectivity index (χ4v) is 16.3. The predicted octanol–water partition coefficient (Wildman–Crippen LogP) is 16.3. The number of Topliss-reactive ketones (excluding diaryl/α,β-unsaturated/α-hetero) is 8. The fraction of sp³-hybridized carbons (Fsp3) is 0.536. The highest BCUT2D eigenvalue weighted by atomic mass is 32.2. The van der Waals surface area contributed by atoms with E-state index in [4.69, 9.17) is 8.83 Å². The first kappa shape index (κ1) is 92.5. The van der Waals surface area contributed by atoms with E-state index in [1.165, 1.54) is 82.8 Å². The summed E-state index contributed by atoms with van der Waals surface area (Å²) in [5.41, 5.74) is 0. The molecule has 0 bridgehead atoms. The van der Waals surface area contributed by atoms with Gasteiger partial charge in [0.25, 0.3) is 10.2 Å². The van der Waals surface area contributed by atoms with Crippen LogP contribution < -0.4 is 0 Å². The molecule has 4 atom stereocenters. The highest BCUT2D eigenvalue weighted by Crippen LogP contribution is 2.36. The summed E-state index contributed by atoms with van der Waals surface area (Å²) in [6.45, 7) is 29.2. The van der Waals surface area contributed by atoms with Crippen LogP contribution in [0.5, 0.6) is 0 Å². The summed E-state index contributed by atoms with van der Waals surface area (Å²) >= 11 is 10.7. The van der Waals surface area contributed by atoms with Crippen molar-refractivity contribution in [1.82, 2.24) is 0 Å². The van der Waals surface area contributed by atoms with Crippen molar-refractivity contribution in [2.75, 3.05) is 23.0 Å². The van der Waals surface area contributed by atoms with Gasteiger partial charge in [0.15, 0.2) is 32.0 Å². The molecule has 0 spiro atoms. The Kier molecular flexibility index (Phi) is 42.6. The van der Waals surface area contributed by atoms with Crippen LogP contribution >= 0.6 is 117 Å². The predicted molar refractivity (Wildman–Crippen MR) is 403 cm³/mol. The van der Waals surface area contributed by atoms with Crippen molar-refractivity contribution < 1.29 is 85.5 Å². The summed E-state index contributed by atoms with van der Waals surface area (Å²) in [6.07, 6.45) is 2.91. The Morgan fingerprint density at radius 2 is 0.691 bits per heavy atom. The third kappa shape index (κ3) is 35.6. The molecule has 4 aromatic rings. The SMILES string of the molecule is C.CC(=O)SC[C@H](CC(=O)C(C)(C)SC(C)=O)C(C)=O.CC(=O)[C@H](CSC(=O)C(C)C)CC(=O)C(C)(C)SC(=O)C(C)C.CC(=O)[C@H](CSC(=O)c1ccco1)CC(=O)C(C)(C)SC(=O)c1ccco1.CC(=O)[C@H](CSC(=O)c1cccs1)CC(=O)C(C)(C)SC(=O)c1cccs1. The smallest absolute Gasteiger partial charge is 0.255 e. The van der Waals surface area contributed by atoms with Crippen molar-refractivity contribution in [3.05, 3.63) is 93.1 Å². The van der Waals surface area contributed by atoms with Crippen molar-refractivity contribution >= 4 is 204 Å². The van der Waals surface area contributed by atoms with Crippen LogP contribution in [-0.2, 0) is 57.5 Å². The minimum Gasteiger partial charge on any atom is -0.460 e. The quantitative estimate of drug-likeness (QED) is 0.0419. The molecule has 28 heteroatoms. The molecular weight excluding hydrogens is 1440 g/mol. The van der Waals surface area contributed by atoms with Gasteiger partial charge in [-0.25, -0.2) is 0 Å². The molecule has 18 nitrogen and oxygen atoms in total. The summed E-state index contributed by atoms with van der Waals surface area (Å²) in [5.74, 6) is -2.08. The molecule has 0 aliphatic rings. The maximum Gasteiger partial charge on any atom is 0.255 e. The number of furan rings is 2. The molecule has 0 saturated heterocycles. The van der Waals surface area contributed by atoms with Crippen molar-refractivity contribution in [1.29, 1.82) is 0 Å². The molecule has 0 radical (unpaired) electrons. The van der Waals surface area contributed by atoms with Gasteiger partial charge < -0.3 is 8.83 Å². The summed E-state index contributed by atoms with van der Waals surface area (Å²) < 4.78 is 6.44. The van der Waals surface area contributed by atoms with E-state index in [1.54, 1.807) is 126 Å². The maximum atomic E-state index is 12.7. The number of ketones is 8. The zero-order valence-electron chi connectivity index (χ0n) is 57.5. The standard InChI is InChI=1S/C19H20O6S2.C19H20O4S4.C17H28O4S2.C13H20O4S2.CH4/c2*1-12(20)13(11-26-17(22)14-6-4-8-24-14)10-16(21)19(2,3)27-18(23)15-7-5-9-25-15;1-10(2)15(20)22-9-13(12(5)18)8-14(19)17(6,7)23-16(21)11(3)4;1-8(14)11(7-18-9(2)15)6-12(17)13(4,5)19-10(3)16;/h2*4-9,13H,10-11H2,1-3H3;10-11,13H,8-9H2,1-7H3;11H,6-7H2,1-5H3;1H4/t3*13-;11-;/m0000./s1. The Hall–Kier alpha value is -4.52. The van der Waals surface area contributed by atoms with Gasteiger partial charge in [0.2, 0.25) is 10.2 Å². The highest BCUT2D eigenvalue weighted by Gasteiger charge is 2.38. The van der Waals surface area contributed by atoms with Crippen LogP contribution in [0.15, 0.2) is 80.7 Å². The Labute approximate surface area is 612 Å². The monoisotopic (exact) mass is 1530 g/mol. The first-order chi connectivity index (χ1) is 44.3. The summed E-state index contributed by atoms with van der Waals surface area (Å²) in [7, 11) is 0. The van der Waals surface area contributed by atoms with Gasteiger partial charge in [-0.05, 0) is 130 Å². The zero-order valence-corrected chi connectivity index (χ0v) is 65.6. The third-order valence-corrected chi connectivity index (χ3v) is 24.8. The van der Waals surface area contributed by atoms with Crippen LogP contribution in [0.1, 0.15) is 198 Å². The number of hydrogen-bond acceptors (Lipinski definition) is 28. The lowest BCUT2D eigenvalue weighted by molar-refractivity contribution is -0.127. The van der Waals surface area contributed by atoms with E-state index in [0.717, 1.165) is 94.1 Å². The number of carbonyl (C=O) groups excluding carboxylic acids is 16. The fourth-order valence-electron chi connectivity index (χ4n) is 7.32. The molecule has 97 heavy (non-hydrogen) atoms. The molecule has 0 aliphatic heterocycles. The lowest BCUT2D eigenvalue weighted by Crippen LogP contribution is -2.33. The summed E-state index contributed by atoms with van der Waals surface area (Å²) in [5, 5.41) is 2.54. The molecule has 0 unspecified atom stereocenters. The van der Waals surface area contributed by atoms with E-state index in [-0.39, 0.29) is 155 Å². The normalized spacial score (nSPS) is 12.7. The van der Waals surface area contributed by atoms with Gasteiger partial charge in [-0.15, -0.1) is 22.7 Å². The maximum absolute atomic E-state index is 12.7. The average Bonchev–Trinajstić information content (AvgIpc) is 1.56.